The van der Waals surface area contributed by atoms with E-state index in [1.807, 2.05) is 66.2 Å². The topological polar surface area (TPSA) is 65.6 Å². The van der Waals surface area contributed by atoms with Gasteiger partial charge in [0.2, 0.25) is 0 Å². The number of nitrogens with zero attached hydrogens (tertiary/aromatic N) is 3. The van der Waals surface area contributed by atoms with Gasteiger partial charge in [-0.3, -0.25) is 9.36 Å². The average molecular weight is 609 g/mol. The molecule has 0 saturated heterocycles. The van der Waals surface area contributed by atoms with Crippen LogP contribution in [-0.2, 0) is 16.1 Å². The van der Waals surface area contributed by atoms with Gasteiger partial charge >= 0.3 is 5.97 Å². The maximum atomic E-state index is 13.9. The Labute approximate surface area is 247 Å². The Kier molecular flexibility index (Phi) is 7.27. The number of hydrogen-bond donors (Lipinski definition) is 0. The van der Waals surface area contributed by atoms with Crippen LogP contribution in [-0.4, -0.2) is 21.7 Å². The molecule has 0 radical (unpaired) electrons. The number of hydrogen-bond acceptors (Lipinski definition) is 6. The second kappa shape index (κ2) is 10.9. The fraction of sp³-hybridized carbons (Fsp3) is 0.167. The van der Waals surface area contributed by atoms with Crippen molar-refractivity contribution in [3.8, 4) is 0 Å². The summed E-state index contributed by atoms with van der Waals surface area (Å²) in [7, 11) is 0. The zero-order valence-electron chi connectivity index (χ0n) is 21.6. The minimum atomic E-state index is -0.592. The Balaban J connectivity index is 1.50. The van der Waals surface area contributed by atoms with Gasteiger partial charge in [0.05, 0.1) is 22.4 Å². The minimum Gasteiger partial charge on any atom is -0.463 e. The van der Waals surface area contributed by atoms with E-state index in [1.54, 1.807) is 24.5 Å². The van der Waals surface area contributed by atoms with Gasteiger partial charge in [0.1, 0.15) is 6.04 Å². The highest BCUT2D eigenvalue weighted by Gasteiger charge is 2.33. The van der Waals surface area contributed by atoms with E-state index in [0.717, 1.165) is 26.9 Å². The van der Waals surface area contributed by atoms with Crippen LogP contribution in [0.25, 0.3) is 17.0 Å². The van der Waals surface area contributed by atoms with Crippen LogP contribution >= 0.6 is 45.9 Å². The van der Waals surface area contributed by atoms with Crippen molar-refractivity contribution in [3.05, 3.63) is 123 Å². The van der Waals surface area contributed by atoms with Gasteiger partial charge in [-0.2, -0.15) is 0 Å². The number of carbonyl (C=O) groups excluding carboxylic acids is 1. The molecule has 6 rings (SSSR count). The number of fused-ring (bicyclic) bond motifs is 2. The molecule has 1 atom stereocenters. The second-order valence-corrected chi connectivity index (χ2v) is 12.1. The Morgan fingerprint density at radius 1 is 1.15 bits per heavy atom. The first-order valence-corrected chi connectivity index (χ1v) is 15.1. The Bertz CT molecular complexity index is 1980. The first-order chi connectivity index (χ1) is 19.4. The SMILES string of the molecule is CCOC(=O)C1=C(C)N=c2s/c(=C/c3cn(Cc4ccc(Cl)cc4Cl)c4ccccc34)c(=O)n2C1c1cccs1. The van der Waals surface area contributed by atoms with Gasteiger partial charge in [0.15, 0.2) is 4.80 Å². The first kappa shape index (κ1) is 26.8. The number of para-hydroxylation sites is 1. The molecule has 202 valence electrons. The molecular formula is C30H23Cl2N3O3S2. The Hall–Kier alpha value is -3.43. The van der Waals surface area contributed by atoms with E-state index in [9.17, 15) is 9.59 Å². The van der Waals surface area contributed by atoms with Crippen molar-refractivity contribution in [2.75, 3.05) is 6.61 Å². The van der Waals surface area contributed by atoms with Crippen LogP contribution < -0.4 is 14.9 Å². The standard InChI is InChI=1S/C30H23Cl2N3O3S2/c1-3-38-29(37)26-17(2)33-30-35(27(26)24-9-6-12-39-24)28(36)25(40-30)13-19-16-34(23-8-5-4-7-21(19)23)15-18-10-11-20(31)14-22(18)32/h4-14,16,27H,3,15H2,1-2H3/b25-13+. The number of allylic oxidation sites excluding steroid dienone is 1. The van der Waals surface area contributed by atoms with Gasteiger partial charge in [-0.05, 0) is 55.1 Å². The first-order valence-electron chi connectivity index (χ1n) is 12.6. The molecule has 1 aliphatic rings. The summed E-state index contributed by atoms with van der Waals surface area (Å²) in [5.41, 5.74) is 3.61. The van der Waals surface area contributed by atoms with E-state index in [0.29, 0.717) is 37.2 Å². The Morgan fingerprint density at radius 3 is 2.73 bits per heavy atom. The smallest absolute Gasteiger partial charge is 0.338 e. The van der Waals surface area contributed by atoms with Crippen LogP contribution in [0.2, 0.25) is 10.0 Å². The summed E-state index contributed by atoms with van der Waals surface area (Å²) in [6.07, 6.45) is 3.93. The van der Waals surface area contributed by atoms with Crippen LogP contribution in [0.4, 0.5) is 0 Å². The zero-order valence-corrected chi connectivity index (χ0v) is 24.7. The van der Waals surface area contributed by atoms with Crippen molar-refractivity contribution < 1.29 is 9.53 Å². The lowest BCUT2D eigenvalue weighted by Crippen LogP contribution is -2.39. The molecule has 0 fully saturated rings. The average Bonchev–Trinajstić information content (AvgIpc) is 3.65. The molecule has 0 saturated carbocycles. The normalized spacial score (nSPS) is 15.4. The summed E-state index contributed by atoms with van der Waals surface area (Å²) in [6, 6.07) is 16.8. The van der Waals surface area contributed by atoms with E-state index in [4.69, 9.17) is 27.9 Å². The molecule has 4 heterocycles. The van der Waals surface area contributed by atoms with Gasteiger partial charge in [-0.1, -0.05) is 64.9 Å². The molecule has 0 aliphatic carbocycles. The molecule has 5 aromatic rings. The molecule has 6 nitrogen and oxygen atoms in total. The Morgan fingerprint density at radius 2 is 1.98 bits per heavy atom. The van der Waals surface area contributed by atoms with E-state index < -0.39 is 12.0 Å². The number of ether oxygens (including phenoxy) is 1. The maximum Gasteiger partial charge on any atom is 0.338 e. The highest BCUT2D eigenvalue weighted by Crippen LogP contribution is 2.33. The predicted octanol–water partition coefficient (Wildman–Crippen LogP) is 6.17. The molecule has 1 unspecified atom stereocenters. The molecule has 40 heavy (non-hydrogen) atoms. The van der Waals surface area contributed by atoms with Gasteiger partial charge in [-0.15, -0.1) is 11.3 Å². The van der Waals surface area contributed by atoms with Crippen molar-refractivity contribution in [1.82, 2.24) is 9.13 Å². The number of thiazole rings is 1. The van der Waals surface area contributed by atoms with E-state index >= 15 is 0 Å². The second-order valence-electron chi connectivity index (χ2n) is 9.28. The third-order valence-corrected chi connectivity index (χ3v) is 9.29. The summed E-state index contributed by atoms with van der Waals surface area (Å²) in [6.45, 7) is 4.34. The monoisotopic (exact) mass is 607 g/mol. The van der Waals surface area contributed by atoms with Gasteiger partial charge in [-0.25, -0.2) is 9.79 Å². The number of thiophene rings is 1. The van der Waals surface area contributed by atoms with Crippen LogP contribution in [0.3, 0.4) is 0 Å². The number of halogens is 2. The van der Waals surface area contributed by atoms with Crippen molar-refractivity contribution in [2.24, 2.45) is 4.99 Å². The lowest BCUT2D eigenvalue weighted by Gasteiger charge is -2.23. The minimum absolute atomic E-state index is 0.200. The zero-order chi connectivity index (χ0) is 28.0. The summed E-state index contributed by atoms with van der Waals surface area (Å²) in [4.78, 5) is 33.0. The van der Waals surface area contributed by atoms with Crippen molar-refractivity contribution in [3.63, 3.8) is 0 Å². The molecule has 0 bridgehead atoms. The molecule has 2 aromatic carbocycles. The molecule has 0 spiro atoms. The summed E-state index contributed by atoms with van der Waals surface area (Å²) >= 11 is 15.4. The van der Waals surface area contributed by atoms with Crippen LogP contribution in [0.5, 0.6) is 0 Å². The number of rotatable bonds is 6. The van der Waals surface area contributed by atoms with Gasteiger partial charge in [0, 0.05) is 44.1 Å². The molecule has 0 amide bonds. The third-order valence-electron chi connectivity index (χ3n) is 6.79. The van der Waals surface area contributed by atoms with Crippen molar-refractivity contribution in [1.29, 1.82) is 0 Å². The maximum absolute atomic E-state index is 13.9. The largest absolute Gasteiger partial charge is 0.463 e. The summed E-state index contributed by atoms with van der Waals surface area (Å²) in [5, 5.41) is 4.13. The fourth-order valence-electron chi connectivity index (χ4n) is 5.00. The summed E-state index contributed by atoms with van der Waals surface area (Å²) in [5.74, 6) is -0.458. The lowest BCUT2D eigenvalue weighted by molar-refractivity contribution is -0.139. The van der Waals surface area contributed by atoms with Crippen LogP contribution in [0.1, 0.15) is 35.9 Å². The fourth-order valence-corrected chi connectivity index (χ4v) is 7.33. The number of esters is 1. The molecule has 0 N–H and O–H groups in total. The molecule has 1 aliphatic heterocycles. The molecular weight excluding hydrogens is 585 g/mol. The number of aromatic nitrogens is 2. The summed E-state index contributed by atoms with van der Waals surface area (Å²) < 4.78 is 9.63. The highest BCUT2D eigenvalue weighted by atomic mass is 35.5. The highest BCUT2D eigenvalue weighted by molar-refractivity contribution is 7.10. The van der Waals surface area contributed by atoms with Crippen molar-refractivity contribution in [2.45, 2.75) is 26.4 Å². The predicted molar refractivity (Wildman–Crippen MR) is 162 cm³/mol. The number of carbonyl (C=O) groups is 1. The number of benzene rings is 2. The quantitative estimate of drug-likeness (QED) is 0.217. The van der Waals surface area contributed by atoms with Crippen LogP contribution in [0, 0.1) is 0 Å². The van der Waals surface area contributed by atoms with Gasteiger partial charge < -0.3 is 9.30 Å². The van der Waals surface area contributed by atoms with Crippen molar-refractivity contribution >= 4 is 68.8 Å². The van der Waals surface area contributed by atoms with E-state index in [2.05, 4.69) is 9.56 Å². The molecule has 10 heteroatoms. The lowest BCUT2D eigenvalue weighted by atomic mass is 10.0. The van der Waals surface area contributed by atoms with E-state index in [1.165, 1.54) is 22.7 Å². The van der Waals surface area contributed by atoms with E-state index in [-0.39, 0.29) is 12.2 Å². The van der Waals surface area contributed by atoms with Gasteiger partial charge in [0.25, 0.3) is 5.56 Å². The third kappa shape index (κ3) is 4.75. The van der Waals surface area contributed by atoms with Crippen LogP contribution in [0.15, 0.2) is 87.2 Å². The molecule has 3 aromatic heterocycles.